The summed E-state index contributed by atoms with van der Waals surface area (Å²) in [7, 11) is 0. The van der Waals surface area contributed by atoms with Gasteiger partial charge in [-0.15, -0.1) is 0 Å². The maximum absolute atomic E-state index is 10.3. The van der Waals surface area contributed by atoms with Gasteiger partial charge in [0.2, 0.25) is 0 Å². The van der Waals surface area contributed by atoms with E-state index < -0.39 is 0 Å². The second-order valence-electron chi connectivity index (χ2n) is 5.09. The Balaban J connectivity index is 1.80. The van der Waals surface area contributed by atoms with Crippen molar-refractivity contribution < 1.29 is 9.84 Å². The molecule has 94 valence electrons. The van der Waals surface area contributed by atoms with Gasteiger partial charge in [0.25, 0.3) is 0 Å². The number of hydrogen-bond donors (Lipinski definition) is 1. The molecule has 0 aliphatic carbocycles. The summed E-state index contributed by atoms with van der Waals surface area (Å²) in [6, 6.07) is 14.5. The summed E-state index contributed by atoms with van der Waals surface area (Å²) in [6.07, 6.45) is 1.50. The van der Waals surface area contributed by atoms with Crippen molar-refractivity contribution in [3.8, 4) is 0 Å². The first-order chi connectivity index (χ1) is 8.83. The van der Waals surface area contributed by atoms with Crippen LogP contribution in [-0.4, -0.2) is 18.3 Å². The van der Waals surface area contributed by atoms with Crippen LogP contribution in [-0.2, 0) is 4.74 Å². The highest BCUT2D eigenvalue weighted by atomic mass is 16.5. The SMILES string of the molecule is OC(CC1CCOC1)c1ccc2ccccc2c1. The van der Waals surface area contributed by atoms with Gasteiger partial charge in [-0.2, -0.15) is 0 Å². The topological polar surface area (TPSA) is 29.5 Å². The molecule has 1 aliphatic heterocycles. The molecule has 0 amide bonds. The molecule has 3 rings (SSSR count). The number of aliphatic hydroxyl groups excluding tert-OH is 1. The first-order valence-corrected chi connectivity index (χ1v) is 6.57. The number of fused-ring (bicyclic) bond motifs is 1. The molecule has 2 unspecified atom stereocenters. The van der Waals surface area contributed by atoms with E-state index in [0.29, 0.717) is 5.92 Å². The molecule has 2 aromatic rings. The molecule has 1 fully saturated rings. The average Bonchev–Trinajstić information content (AvgIpc) is 2.91. The van der Waals surface area contributed by atoms with Gasteiger partial charge in [-0.05, 0) is 41.2 Å². The average molecular weight is 242 g/mol. The number of rotatable bonds is 3. The number of aliphatic hydroxyl groups is 1. The number of ether oxygens (including phenoxy) is 1. The van der Waals surface area contributed by atoms with Crippen LogP contribution in [0, 0.1) is 5.92 Å². The Labute approximate surface area is 107 Å². The minimum Gasteiger partial charge on any atom is -0.388 e. The maximum Gasteiger partial charge on any atom is 0.0793 e. The molecule has 0 spiro atoms. The van der Waals surface area contributed by atoms with E-state index >= 15 is 0 Å². The minimum atomic E-state index is -0.374. The summed E-state index contributed by atoms with van der Waals surface area (Å²) in [5.41, 5.74) is 1.01. The van der Waals surface area contributed by atoms with Crippen molar-refractivity contribution in [2.45, 2.75) is 18.9 Å². The summed E-state index contributed by atoms with van der Waals surface area (Å²) in [4.78, 5) is 0. The van der Waals surface area contributed by atoms with E-state index in [4.69, 9.17) is 4.74 Å². The highest BCUT2D eigenvalue weighted by molar-refractivity contribution is 5.83. The Morgan fingerprint density at radius 3 is 2.78 bits per heavy atom. The van der Waals surface area contributed by atoms with Crippen LogP contribution in [0.15, 0.2) is 42.5 Å². The van der Waals surface area contributed by atoms with Gasteiger partial charge in [0, 0.05) is 13.2 Å². The van der Waals surface area contributed by atoms with Crippen LogP contribution in [0.25, 0.3) is 10.8 Å². The van der Waals surface area contributed by atoms with Crippen LogP contribution in [0.4, 0.5) is 0 Å². The third kappa shape index (κ3) is 2.40. The van der Waals surface area contributed by atoms with Crippen LogP contribution in [0.2, 0.25) is 0 Å². The predicted octanol–water partition coefficient (Wildman–Crippen LogP) is 3.30. The fraction of sp³-hybridized carbons (Fsp3) is 0.375. The summed E-state index contributed by atoms with van der Waals surface area (Å²) in [6.45, 7) is 1.64. The Kier molecular flexibility index (Phi) is 3.31. The van der Waals surface area contributed by atoms with E-state index in [1.54, 1.807) is 0 Å². The van der Waals surface area contributed by atoms with E-state index in [1.807, 2.05) is 18.2 Å². The smallest absolute Gasteiger partial charge is 0.0793 e. The van der Waals surface area contributed by atoms with Gasteiger partial charge in [0.15, 0.2) is 0 Å². The van der Waals surface area contributed by atoms with Gasteiger partial charge < -0.3 is 9.84 Å². The van der Waals surface area contributed by atoms with Crippen LogP contribution < -0.4 is 0 Å². The Morgan fingerprint density at radius 2 is 2.00 bits per heavy atom. The molecule has 18 heavy (non-hydrogen) atoms. The monoisotopic (exact) mass is 242 g/mol. The van der Waals surface area contributed by atoms with Gasteiger partial charge in [0.1, 0.15) is 0 Å². The molecular weight excluding hydrogens is 224 g/mol. The van der Waals surface area contributed by atoms with Crippen molar-refractivity contribution in [1.82, 2.24) is 0 Å². The highest BCUT2D eigenvalue weighted by Gasteiger charge is 2.20. The highest BCUT2D eigenvalue weighted by Crippen LogP contribution is 2.28. The molecule has 1 N–H and O–H groups in total. The van der Waals surface area contributed by atoms with Gasteiger partial charge in [-0.1, -0.05) is 36.4 Å². The Morgan fingerprint density at radius 1 is 1.17 bits per heavy atom. The number of benzene rings is 2. The summed E-state index contributed by atoms with van der Waals surface area (Å²) in [5, 5.41) is 12.7. The summed E-state index contributed by atoms with van der Waals surface area (Å²) >= 11 is 0. The van der Waals surface area contributed by atoms with E-state index in [1.165, 1.54) is 10.8 Å². The van der Waals surface area contributed by atoms with Crippen molar-refractivity contribution in [1.29, 1.82) is 0 Å². The lowest BCUT2D eigenvalue weighted by molar-refractivity contribution is 0.130. The van der Waals surface area contributed by atoms with Crippen molar-refractivity contribution in [3.05, 3.63) is 48.0 Å². The molecule has 0 bridgehead atoms. The quantitative estimate of drug-likeness (QED) is 0.894. The predicted molar refractivity (Wildman–Crippen MR) is 72.5 cm³/mol. The second kappa shape index (κ2) is 5.09. The third-order valence-corrected chi connectivity index (χ3v) is 3.74. The largest absolute Gasteiger partial charge is 0.388 e. The molecule has 1 heterocycles. The van der Waals surface area contributed by atoms with E-state index in [-0.39, 0.29) is 6.10 Å². The fourth-order valence-electron chi connectivity index (χ4n) is 2.64. The summed E-state index contributed by atoms with van der Waals surface area (Å²) in [5.74, 6) is 0.506. The first-order valence-electron chi connectivity index (χ1n) is 6.57. The zero-order valence-electron chi connectivity index (χ0n) is 10.4. The first kappa shape index (κ1) is 11.7. The Hall–Kier alpha value is -1.38. The van der Waals surface area contributed by atoms with Crippen LogP contribution in [0.5, 0.6) is 0 Å². The standard InChI is InChI=1S/C16H18O2/c17-16(9-12-7-8-18-11-12)15-6-5-13-3-1-2-4-14(13)10-15/h1-6,10,12,16-17H,7-9,11H2. The molecule has 2 atom stereocenters. The molecule has 2 aromatic carbocycles. The van der Waals surface area contributed by atoms with E-state index in [9.17, 15) is 5.11 Å². The van der Waals surface area contributed by atoms with Gasteiger partial charge in [-0.3, -0.25) is 0 Å². The number of hydrogen-bond acceptors (Lipinski definition) is 2. The lowest BCUT2D eigenvalue weighted by atomic mass is 9.95. The normalized spacial score (nSPS) is 21.3. The van der Waals surface area contributed by atoms with Gasteiger partial charge in [-0.25, -0.2) is 0 Å². The molecule has 2 heteroatoms. The molecule has 0 saturated carbocycles. The van der Waals surface area contributed by atoms with E-state index in [0.717, 1.165) is 31.6 Å². The van der Waals surface area contributed by atoms with Crippen LogP contribution in [0.3, 0.4) is 0 Å². The van der Waals surface area contributed by atoms with Crippen molar-refractivity contribution in [2.24, 2.45) is 5.92 Å². The zero-order valence-corrected chi connectivity index (χ0v) is 10.4. The zero-order chi connectivity index (χ0) is 12.4. The fourth-order valence-corrected chi connectivity index (χ4v) is 2.64. The molecule has 1 saturated heterocycles. The van der Waals surface area contributed by atoms with Crippen molar-refractivity contribution in [2.75, 3.05) is 13.2 Å². The molecule has 1 aliphatic rings. The Bertz CT molecular complexity index is 529. The molecular formula is C16H18O2. The van der Waals surface area contributed by atoms with Gasteiger partial charge >= 0.3 is 0 Å². The molecule has 2 nitrogen and oxygen atoms in total. The third-order valence-electron chi connectivity index (χ3n) is 3.74. The summed E-state index contributed by atoms with van der Waals surface area (Å²) < 4.78 is 5.35. The van der Waals surface area contributed by atoms with Crippen LogP contribution >= 0.6 is 0 Å². The minimum absolute atomic E-state index is 0.374. The van der Waals surface area contributed by atoms with Crippen molar-refractivity contribution >= 4 is 10.8 Å². The molecule has 0 radical (unpaired) electrons. The van der Waals surface area contributed by atoms with E-state index in [2.05, 4.69) is 24.3 Å². The molecule has 0 aromatic heterocycles. The lowest BCUT2D eigenvalue weighted by Gasteiger charge is -2.15. The van der Waals surface area contributed by atoms with Crippen LogP contribution in [0.1, 0.15) is 24.5 Å². The maximum atomic E-state index is 10.3. The lowest BCUT2D eigenvalue weighted by Crippen LogP contribution is -2.07. The van der Waals surface area contributed by atoms with Gasteiger partial charge in [0.05, 0.1) is 6.10 Å². The van der Waals surface area contributed by atoms with Crippen molar-refractivity contribution in [3.63, 3.8) is 0 Å². The second-order valence-corrected chi connectivity index (χ2v) is 5.09.